The molecule has 0 saturated carbocycles. The molecule has 0 heterocycles. The van der Waals surface area contributed by atoms with Crippen LogP contribution in [0.2, 0.25) is 0 Å². The summed E-state index contributed by atoms with van der Waals surface area (Å²) < 4.78 is 0.809. The second-order valence-electron chi connectivity index (χ2n) is 3.83. The Balaban J connectivity index is 3.39. The van der Waals surface area contributed by atoms with E-state index in [0.29, 0.717) is 20.4 Å². The fourth-order valence-corrected chi connectivity index (χ4v) is 2.72. The smallest absolute Gasteiger partial charge is 0.0549 e. The van der Waals surface area contributed by atoms with Gasteiger partial charge in [0.2, 0.25) is 0 Å². The summed E-state index contributed by atoms with van der Waals surface area (Å²) in [6, 6.07) is 0. The lowest BCUT2D eigenvalue weighted by molar-refractivity contribution is 0.279. The van der Waals surface area contributed by atoms with Crippen molar-refractivity contribution < 1.29 is 10.2 Å². The molecule has 0 aliphatic rings. The fraction of sp³-hybridized carbons (Fsp3) is 1.00. The van der Waals surface area contributed by atoms with Gasteiger partial charge < -0.3 is 10.2 Å². The summed E-state index contributed by atoms with van der Waals surface area (Å²) in [5.41, 5.74) is 0. The van der Waals surface area contributed by atoms with Crippen LogP contribution in [0.5, 0.6) is 0 Å². The third-order valence-corrected chi connectivity index (χ3v) is 4.19. The molecule has 0 fully saturated rings. The molecular weight excluding hydrogens is 406 g/mol. The molecule has 0 aromatic rings. The van der Waals surface area contributed by atoms with Gasteiger partial charge in [0.1, 0.15) is 0 Å². The van der Waals surface area contributed by atoms with Crippen LogP contribution in [0.3, 0.4) is 0 Å². The zero-order valence-electron chi connectivity index (χ0n) is 8.63. The summed E-state index contributed by atoms with van der Waals surface area (Å²) in [7, 11) is 0. The molecule has 0 radical (unpaired) electrons. The number of rotatable bonds is 8. The number of aliphatic hydroxyl groups excluding tert-OH is 2. The Bertz CT molecular complexity index is 133. The van der Waals surface area contributed by atoms with E-state index in [4.69, 9.17) is 10.2 Å². The Morgan fingerprint density at radius 2 is 1.57 bits per heavy atom. The first kappa shape index (κ1) is 15.4. The number of halogens is 2. The first-order valence-corrected chi connectivity index (χ1v) is 7.59. The van der Waals surface area contributed by atoms with Crippen LogP contribution in [-0.4, -0.2) is 31.3 Å². The normalized spacial score (nSPS) is 17.8. The fourth-order valence-electron chi connectivity index (χ4n) is 1.41. The standard InChI is InChI=1S/C10H20I2O2/c1-8(5-10(12)7-14)3-2-4-9(11)6-13/h8-10,13-14H,2-7H2,1H3. The molecule has 86 valence electrons. The molecule has 0 aromatic carbocycles. The molecule has 0 aliphatic carbocycles. The van der Waals surface area contributed by atoms with Gasteiger partial charge in [0.25, 0.3) is 0 Å². The number of hydrogen-bond donors (Lipinski definition) is 2. The molecule has 0 rings (SSSR count). The van der Waals surface area contributed by atoms with Crippen LogP contribution in [0.15, 0.2) is 0 Å². The van der Waals surface area contributed by atoms with Gasteiger partial charge in [-0.3, -0.25) is 0 Å². The Morgan fingerprint density at radius 1 is 1.00 bits per heavy atom. The highest BCUT2D eigenvalue weighted by Gasteiger charge is 2.10. The summed E-state index contributed by atoms with van der Waals surface area (Å²) in [5, 5.41) is 17.7. The molecule has 0 spiro atoms. The van der Waals surface area contributed by atoms with Crippen molar-refractivity contribution in [3.8, 4) is 0 Å². The highest BCUT2D eigenvalue weighted by atomic mass is 127. The molecule has 0 saturated heterocycles. The molecule has 0 aliphatic heterocycles. The lowest BCUT2D eigenvalue weighted by Crippen LogP contribution is -2.10. The SMILES string of the molecule is CC(CCCC(I)CO)CC(I)CO. The van der Waals surface area contributed by atoms with E-state index in [0.717, 1.165) is 12.8 Å². The van der Waals surface area contributed by atoms with E-state index >= 15 is 0 Å². The summed E-state index contributed by atoms with van der Waals surface area (Å²) in [6.45, 7) is 2.82. The van der Waals surface area contributed by atoms with Crippen LogP contribution >= 0.6 is 45.2 Å². The van der Waals surface area contributed by atoms with Crippen LogP contribution in [0, 0.1) is 5.92 Å². The van der Waals surface area contributed by atoms with E-state index in [1.807, 2.05) is 0 Å². The Kier molecular flexibility index (Phi) is 10.5. The Hall–Kier alpha value is 1.38. The van der Waals surface area contributed by atoms with Crippen molar-refractivity contribution in [3.63, 3.8) is 0 Å². The van der Waals surface area contributed by atoms with Crippen LogP contribution < -0.4 is 0 Å². The molecule has 2 N–H and O–H groups in total. The van der Waals surface area contributed by atoms with E-state index in [2.05, 4.69) is 52.1 Å². The highest BCUT2D eigenvalue weighted by Crippen LogP contribution is 2.20. The largest absolute Gasteiger partial charge is 0.395 e. The highest BCUT2D eigenvalue weighted by molar-refractivity contribution is 14.1. The van der Waals surface area contributed by atoms with Gasteiger partial charge >= 0.3 is 0 Å². The van der Waals surface area contributed by atoms with Crippen molar-refractivity contribution in [1.82, 2.24) is 0 Å². The van der Waals surface area contributed by atoms with Gasteiger partial charge in [-0.05, 0) is 18.8 Å². The minimum absolute atomic E-state index is 0.288. The third kappa shape index (κ3) is 8.67. The van der Waals surface area contributed by atoms with Crippen LogP contribution in [0.25, 0.3) is 0 Å². The van der Waals surface area contributed by atoms with E-state index in [1.54, 1.807) is 0 Å². The molecule has 14 heavy (non-hydrogen) atoms. The van der Waals surface area contributed by atoms with E-state index in [1.165, 1.54) is 12.8 Å². The predicted octanol–water partition coefficient (Wildman–Crippen LogP) is 2.77. The number of hydrogen-bond acceptors (Lipinski definition) is 2. The minimum Gasteiger partial charge on any atom is -0.395 e. The van der Waals surface area contributed by atoms with Gasteiger partial charge in [-0.15, -0.1) is 0 Å². The molecular formula is C10H20I2O2. The van der Waals surface area contributed by atoms with Gasteiger partial charge in [0, 0.05) is 7.85 Å². The monoisotopic (exact) mass is 426 g/mol. The first-order valence-electron chi connectivity index (χ1n) is 5.10. The van der Waals surface area contributed by atoms with Crippen LogP contribution in [0.1, 0.15) is 32.6 Å². The maximum Gasteiger partial charge on any atom is 0.0549 e. The summed E-state index contributed by atoms with van der Waals surface area (Å²) >= 11 is 4.60. The van der Waals surface area contributed by atoms with E-state index < -0.39 is 0 Å². The van der Waals surface area contributed by atoms with Gasteiger partial charge in [-0.1, -0.05) is 64.9 Å². The molecule has 0 bridgehead atoms. The molecule has 3 unspecified atom stereocenters. The van der Waals surface area contributed by atoms with Crippen molar-refractivity contribution in [2.45, 2.75) is 40.5 Å². The van der Waals surface area contributed by atoms with E-state index in [-0.39, 0.29) is 6.61 Å². The van der Waals surface area contributed by atoms with Gasteiger partial charge in [0.15, 0.2) is 0 Å². The lowest BCUT2D eigenvalue weighted by Gasteiger charge is -2.14. The Morgan fingerprint density at radius 3 is 2.07 bits per heavy atom. The van der Waals surface area contributed by atoms with Crippen molar-refractivity contribution in [3.05, 3.63) is 0 Å². The first-order chi connectivity index (χ1) is 6.60. The third-order valence-electron chi connectivity index (χ3n) is 2.27. The van der Waals surface area contributed by atoms with Crippen molar-refractivity contribution >= 4 is 45.2 Å². The predicted molar refractivity (Wildman–Crippen MR) is 77.4 cm³/mol. The molecule has 2 nitrogen and oxygen atoms in total. The van der Waals surface area contributed by atoms with Crippen LogP contribution in [-0.2, 0) is 0 Å². The summed E-state index contributed by atoms with van der Waals surface area (Å²) in [5.74, 6) is 0.686. The van der Waals surface area contributed by atoms with Crippen LogP contribution in [0.4, 0.5) is 0 Å². The average Bonchev–Trinajstić information content (AvgIpc) is 2.17. The van der Waals surface area contributed by atoms with Gasteiger partial charge in [-0.2, -0.15) is 0 Å². The van der Waals surface area contributed by atoms with Gasteiger partial charge in [-0.25, -0.2) is 0 Å². The molecule has 0 amide bonds. The topological polar surface area (TPSA) is 40.5 Å². The van der Waals surface area contributed by atoms with Crippen molar-refractivity contribution in [2.24, 2.45) is 5.92 Å². The molecule has 4 heteroatoms. The van der Waals surface area contributed by atoms with Crippen molar-refractivity contribution in [1.29, 1.82) is 0 Å². The molecule has 3 atom stereocenters. The maximum atomic E-state index is 8.89. The van der Waals surface area contributed by atoms with Gasteiger partial charge in [0.05, 0.1) is 13.2 Å². The minimum atomic E-state index is 0.288. The molecule has 0 aromatic heterocycles. The number of alkyl halides is 2. The number of aliphatic hydroxyl groups is 2. The summed E-state index contributed by atoms with van der Waals surface area (Å²) in [4.78, 5) is 0. The quantitative estimate of drug-likeness (QED) is 0.463. The second kappa shape index (κ2) is 9.59. The zero-order chi connectivity index (χ0) is 11.0. The summed E-state index contributed by atoms with van der Waals surface area (Å²) in [6.07, 6.45) is 4.59. The maximum absolute atomic E-state index is 8.89. The zero-order valence-corrected chi connectivity index (χ0v) is 12.9. The van der Waals surface area contributed by atoms with Crippen molar-refractivity contribution in [2.75, 3.05) is 13.2 Å². The Labute approximate surface area is 114 Å². The average molecular weight is 426 g/mol. The lowest BCUT2D eigenvalue weighted by atomic mass is 9.98. The van der Waals surface area contributed by atoms with E-state index in [9.17, 15) is 0 Å². The second-order valence-corrected chi connectivity index (χ2v) is 7.35.